The maximum absolute atomic E-state index is 13.8. The standard InChI is InChI=1S/C40H41F2N7O6/c41-40(42)22-29(23-43)49(25-40)36(51)24-46-37(52)31-15-17-44-33-14-13-30(21-32(31)33)55-18-8-7-16-45-38(53)35(20-28-11-5-2-6-12-28)48-39(54)34(47-26-50)19-27-9-3-1-4-10-27/h1-6,9-15,17,21,26,29,34-35H,7-8,16,18-20,22,24-25H2,(H,45,53)(H,46,52)(H,47,50)(H,48,54)/t29?,34?,35-/m1/s1. The molecule has 13 nitrogen and oxygen atoms in total. The van der Waals surface area contributed by atoms with Crippen molar-refractivity contribution < 1.29 is 37.5 Å². The molecular weight excluding hydrogens is 712 g/mol. The van der Waals surface area contributed by atoms with Crippen LogP contribution >= 0.6 is 0 Å². The fourth-order valence-corrected chi connectivity index (χ4v) is 6.20. The van der Waals surface area contributed by atoms with E-state index in [0.29, 0.717) is 42.4 Å². The number of likely N-dealkylation sites (tertiary alicyclic amines) is 1. The van der Waals surface area contributed by atoms with E-state index in [0.717, 1.165) is 16.0 Å². The van der Waals surface area contributed by atoms with E-state index in [2.05, 4.69) is 26.3 Å². The highest BCUT2D eigenvalue weighted by molar-refractivity contribution is 6.07. The number of rotatable bonds is 18. The Hall–Kier alpha value is -6.43. The van der Waals surface area contributed by atoms with Gasteiger partial charge in [-0.15, -0.1) is 0 Å². The summed E-state index contributed by atoms with van der Waals surface area (Å²) in [5, 5.41) is 20.3. The molecule has 0 bridgehead atoms. The van der Waals surface area contributed by atoms with Gasteiger partial charge in [0, 0.05) is 37.4 Å². The van der Waals surface area contributed by atoms with Crippen LogP contribution in [0.25, 0.3) is 10.9 Å². The van der Waals surface area contributed by atoms with Crippen molar-refractivity contribution in [2.75, 3.05) is 26.2 Å². The highest BCUT2D eigenvalue weighted by Crippen LogP contribution is 2.31. The summed E-state index contributed by atoms with van der Waals surface area (Å²) in [6.07, 6.45) is 2.75. The fourth-order valence-electron chi connectivity index (χ4n) is 6.20. The van der Waals surface area contributed by atoms with Gasteiger partial charge in [-0.25, -0.2) is 8.78 Å². The number of halogens is 2. The third-order valence-corrected chi connectivity index (χ3v) is 9.02. The first-order chi connectivity index (χ1) is 26.6. The summed E-state index contributed by atoms with van der Waals surface area (Å²) in [6, 6.07) is 23.6. The summed E-state index contributed by atoms with van der Waals surface area (Å²) in [5.74, 6) is -4.98. The van der Waals surface area contributed by atoms with Crippen LogP contribution in [-0.4, -0.2) is 90.2 Å². The number of hydrogen-bond donors (Lipinski definition) is 4. The summed E-state index contributed by atoms with van der Waals surface area (Å²) in [5.41, 5.74) is 2.39. The quantitative estimate of drug-likeness (QED) is 0.0884. The van der Waals surface area contributed by atoms with E-state index in [-0.39, 0.29) is 30.9 Å². The Labute approximate surface area is 316 Å². The molecule has 55 heavy (non-hydrogen) atoms. The zero-order valence-corrected chi connectivity index (χ0v) is 29.9. The van der Waals surface area contributed by atoms with Gasteiger partial charge >= 0.3 is 0 Å². The second kappa shape index (κ2) is 19.1. The number of hydrogen-bond acceptors (Lipinski definition) is 8. The molecule has 5 amide bonds. The minimum absolute atomic E-state index is 0.194. The first-order valence-corrected chi connectivity index (χ1v) is 17.8. The predicted molar refractivity (Wildman–Crippen MR) is 198 cm³/mol. The monoisotopic (exact) mass is 753 g/mol. The fraction of sp³-hybridized carbons (Fsp3) is 0.325. The molecule has 5 rings (SSSR count). The zero-order chi connectivity index (χ0) is 39.2. The number of unbranched alkanes of at least 4 members (excludes halogenated alkanes) is 1. The van der Waals surface area contributed by atoms with E-state index in [4.69, 9.17) is 4.74 Å². The maximum atomic E-state index is 13.8. The lowest BCUT2D eigenvalue weighted by Crippen LogP contribution is -2.54. The molecule has 1 aromatic heterocycles. The Morgan fingerprint density at radius 2 is 1.62 bits per heavy atom. The number of amides is 5. The van der Waals surface area contributed by atoms with Crippen molar-refractivity contribution in [3.63, 3.8) is 0 Å². The highest BCUT2D eigenvalue weighted by Gasteiger charge is 2.47. The first kappa shape index (κ1) is 39.8. The Kier molecular flexibility index (Phi) is 13.8. The second-order valence-electron chi connectivity index (χ2n) is 13.1. The highest BCUT2D eigenvalue weighted by atomic mass is 19.3. The van der Waals surface area contributed by atoms with Gasteiger partial charge in [-0.05, 0) is 48.2 Å². The van der Waals surface area contributed by atoms with Crippen LogP contribution in [0.15, 0.2) is 91.1 Å². The molecule has 4 aromatic rings. The van der Waals surface area contributed by atoms with E-state index in [1.165, 1.54) is 12.3 Å². The average molecular weight is 754 g/mol. The SMILES string of the molecule is N#CC1CC(F)(F)CN1C(=O)CNC(=O)c1ccnc2ccc(OCCCCNC(=O)[C@@H](Cc3ccccc3)NC(=O)C(Cc3ccccc3)NC=O)cc12. The van der Waals surface area contributed by atoms with Crippen molar-refractivity contribution in [3.8, 4) is 11.8 Å². The lowest BCUT2D eigenvalue weighted by atomic mass is 10.0. The van der Waals surface area contributed by atoms with Crippen LogP contribution in [0.2, 0.25) is 0 Å². The van der Waals surface area contributed by atoms with E-state index in [1.807, 2.05) is 60.7 Å². The normalized spacial score (nSPS) is 15.6. The van der Waals surface area contributed by atoms with Crippen LogP contribution in [-0.2, 0) is 32.0 Å². The lowest BCUT2D eigenvalue weighted by Gasteiger charge is -2.22. The van der Waals surface area contributed by atoms with Crippen molar-refractivity contribution in [1.29, 1.82) is 5.26 Å². The van der Waals surface area contributed by atoms with E-state index < -0.39 is 61.3 Å². The summed E-state index contributed by atoms with van der Waals surface area (Å²) < 4.78 is 33.5. The number of nitrogens with zero attached hydrogens (tertiary/aromatic N) is 3. The summed E-state index contributed by atoms with van der Waals surface area (Å²) in [6.45, 7) is -0.857. The Balaban J connectivity index is 1.12. The zero-order valence-electron chi connectivity index (χ0n) is 29.9. The molecule has 1 aliphatic heterocycles. The van der Waals surface area contributed by atoms with Gasteiger partial charge in [0.1, 0.15) is 23.9 Å². The van der Waals surface area contributed by atoms with Crippen molar-refractivity contribution >= 4 is 40.9 Å². The molecule has 0 radical (unpaired) electrons. The van der Waals surface area contributed by atoms with Gasteiger partial charge in [0.05, 0.1) is 36.8 Å². The van der Waals surface area contributed by atoms with Crippen LogP contribution < -0.4 is 26.0 Å². The van der Waals surface area contributed by atoms with Gasteiger partial charge in [0.2, 0.25) is 24.1 Å². The average Bonchev–Trinajstić information content (AvgIpc) is 3.52. The number of ether oxygens (including phenoxy) is 1. The van der Waals surface area contributed by atoms with Crippen LogP contribution in [0.3, 0.4) is 0 Å². The Morgan fingerprint density at radius 3 is 2.29 bits per heavy atom. The number of alkyl halides is 2. The van der Waals surface area contributed by atoms with Crippen LogP contribution in [0.1, 0.15) is 40.7 Å². The van der Waals surface area contributed by atoms with Crippen molar-refractivity contribution in [1.82, 2.24) is 31.2 Å². The molecule has 2 heterocycles. The molecule has 286 valence electrons. The van der Waals surface area contributed by atoms with Gasteiger partial charge in [-0.3, -0.25) is 29.0 Å². The van der Waals surface area contributed by atoms with E-state index in [1.54, 1.807) is 24.3 Å². The Morgan fingerprint density at radius 1 is 0.927 bits per heavy atom. The molecule has 4 N–H and O–H groups in total. The number of benzene rings is 3. The van der Waals surface area contributed by atoms with Crippen LogP contribution in [0, 0.1) is 11.3 Å². The lowest BCUT2D eigenvalue weighted by molar-refractivity contribution is -0.131. The maximum Gasteiger partial charge on any atom is 0.268 e. The van der Waals surface area contributed by atoms with Gasteiger partial charge in [-0.2, -0.15) is 5.26 Å². The van der Waals surface area contributed by atoms with E-state index >= 15 is 0 Å². The Bertz CT molecular complexity index is 2010. The van der Waals surface area contributed by atoms with Crippen LogP contribution in [0.5, 0.6) is 5.75 Å². The number of nitrogens with one attached hydrogen (secondary N) is 4. The predicted octanol–water partition coefficient (Wildman–Crippen LogP) is 3.08. The number of nitriles is 1. The largest absolute Gasteiger partial charge is 0.494 e. The topological polar surface area (TPSA) is 183 Å². The van der Waals surface area contributed by atoms with Gasteiger partial charge in [0.25, 0.3) is 11.8 Å². The van der Waals surface area contributed by atoms with Gasteiger partial charge < -0.3 is 30.9 Å². The molecule has 3 aromatic carbocycles. The third kappa shape index (κ3) is 11.3. The molecular formula is C40H41F2N7O6. The number of fused-ring (bicyclic) bond motifs is 1. The molecule has 15 heteroatoms. The molecule has 0 spiro atoms. The summed E-state index contributed by atoms with van der Waals surface area (Å²) in [7, 11) is 0. The second-order valence-corrected chi connectivity index (χ2v) is 13.1. The number of aromatic nitrogens is 1. The molecule has 2 unspecified atom stereocenters. The van der Waals surface area contributed by atoms with Crippen molar-refractivity contribution in [2.45, 2.75) is 56.2 Å². The molecule has 1 saturated heterocycles. The molecule has 1 aliphatic rings. The summed E-state index contributed by atoms with van der Waals surface area (Å²) >= 11 is 0. The smallest absolute Gasteiger partial charge is 0.268 e. The molecule has 3 atom stereocenters. The van der Waals surface area contributed by atoms with Crippen LogP contribution in [0.4, 0.5) is 8.78 Å². The minimum Gasteiger partial charge on any atom is -0.494 e. The summed E-state index contributed by atoms with van der Waals surface area (Å²) in [4.78, 5) is 68.6. The number of pyridine rings is 1. The van der Waals surface area contributed by atoms with Crippen molar-refractivity contribution in [2.24, 2.45) is 0 Å². The number of carbonyl (C=O) groups excluding carboxylic acids is 5. The molecule has 0 saturated carbocycles. The van der Waals surface area contributed by atoms with Gasteiger partial charge in [0.15, 0.2) is 0 Å². The number of carbonyl (C=O) groups is 5. The van der Waals surface area contributed by atoms with E-state index in [9.17, 15) is 38.0 Å². The first-order valence-electron chi connectivity index (χ1n) is 17.8. The van der Waals surface area contributed by atoms with Gasteiger partial charge in [-0.1, -0.05) is 60.7 Å². The molecule has 1 fully saturated rings. The minimum atomic E-state index is -3.17. The third-order valence-electron chi connectivity index (χ3n) is 9.02. The van der Waals surface area contributed by atoms with Crippen molar-refractivity contribution in [3.05, 3.63) is 108 Å². The molecule has 0 aliphatic carbocycles.